The van der Waals surface area contributed by atoms with Gasteiger partial charge in [-0.25, -0.2) is 4.79 Å². The van der Waals surface area contributed by atoms with Crippen LogP contribution in [0, 0.1) is 0 Å². The number of rotatable bonds is 4. The molecule has 9 nitrogen and oxygen atoms in total. The summed E-state index contributed by atoms with van der Waals surface area (Å²) >= 11 is 0. The number of aromatic nitrogens is 4. The summed E-state index contributed by atoms with van der Waals surface area (Å²) < 4.78 is 42.6. The van der Waals surface area contributed by atoms with Gasteiger partial charge in [-0.1, -0.05) is 12.1 Å². The summed E-state index contributed by atoms with van der Waals surface area (Å²) in [6.07, 6.45) is 1.19. The van der Waals surface area contributed by atoms with Crippen molar-refractivity contribution in [1.82, 2.24) is 30.0 Å². The zero-order valence-corrected chi connectivity index (χ0v) is 19.9. The SMILES string of the molecule is O=C(N1CCC(O)CC1)N1CC(c2cccc(OC(F)(F)F)c2)CC(c2cc(-c3cnccn3)n[nH]2)C1. The molecule has 4 heterocycles. The van der Waals surface area contributed by atoms with Crippen molar-refractivity contribution in [3.8, 4) is 17.1 Å². The Balaban J connectivity index is 1.41. The number of halogens is 3. The van der Waals surface area contributed by atoms with Gasteiger partial charge >= 0.3 is 12.4 Å². The minimum atomic E-state index is -4.79. The molecule has 2 N–H and O–H groups in total. The number of aliphatic hydroxyl groups excluding tert-OH is 1. The highest BCUT2D eigenvalue weighted by molar-refractivity contribution is 5.75. The van der Waals surface area contributed by atoms with Gasteiger partial charge in [-0.3, -0.25) is 15.1 Å². The van der Waals surface area contributed by atoms with E-state index in [2.05, 4.69) is 24.9 Å². The molecule has 12 heteroatoms. The third-order valence-corrected chi connectivity index (χ3v) is 6.88. The molecule has 3 aromatic rings. The van der Waals surface area contributed by atoms with E-state index in [0.29, 0.717) is 62.4 Å². The number of nitrogens with one attached hydrogen (secondary N) is 1. The molecule has 0 radical (unpaired) electrons. The lowest BCUT2D eigenvalue weighted by atomic mass is 9.83. The van der Waals surface area contributed by atoms with Gasteiger partial charge in [-0.2, -0.15) is 5.10 Å². The van der Waals surface area contributed by atoms with Crippen LogP contribution in [-0.2, 0) is 0 Å². The van der Waals surface area contributed by atoms with Crippen LogP contribution in [0.25, 0.3) is 11.4 Å². The standard InChI is InChI=1S/C25H27F3N6O3/c26-25(27,28)37-20-3-1-2-16(11-20)17-10-18(21-12-22(32-31-21)23-13-29-6-7-30-23)15-34(14-17)24(36)33-8-4-19(35)5-9-33/h1-3,6-7,11-13,17-19,35H,4-5,8-10,14-15H2,(H,31,32). The minimum Gasteiger partial charge on any atom is -0.406 e. The summed E-state index contributed by atoms with van der Waals surface area (Å²) in [7, 11) is 0. The Morgan fingerprint density at radius 3 is 2.57 bits per heavy atom. The van der Waals surface area contributed by atoms with Crippen molar-refractivity contribution in [3.05, 3.63) is 60.2 Å². The van der Waals surface area contributed by atoms with E-state index in [9.17, 15) is 23.1 Å². The smallest absolute Gasteiger partial charge is 0.406 e. The Morgan fingerprint density at radius 2 is 1.84 bits per heavy atom. The molecule has 196 valence electrons. The van der Waals surface area contributed by atoms with Gasteiger partial charge in [0.2, 0.25) is 0 Å². The molecule has 0 saturated carbocycles. The van der Waals surface area contributed by atoms with E-state index >= 15 is 0 Å². The molecule has 0 bridgehead atoms. The van der Waals surface area contributed by atoms with Crippen LogP contribution < -0.4 is 4.74 Å². The summed E-state index contributed by atoms with van der Waals surface area (Å²) in [5.74, 6) is -0.650. The zero-order valence-electron chi connectivity index (χ0n) is 19.9. The molecule has 2 aliphatic heterocycles. The average Bonchev–Trinajstić information content (AvgIpc) is 3.39. The maximum absolute atomic E-state index is 13.4. The number of nitrogens with zero attached hydrogens (tertiary/aromatic N) is 5. The highest BCUT2D eigenvalue weighted by Crippen LogP contribution is 2.38. The number of aromatic amines is 1. The molecule has 0 aliphatic carbocycles. The lowest BCUT2D eigenvalue weighted by Gasteiger charge is -2.41. The summed E-state index contributed by atoms with van der Waals surface area (Å²) in [5, 5.41) is 17.3. The molecule has 2 aliphatic rings. The van der Waals surface area contributed by atoms with Gasteiger partial charge in [0.25, 0.3) is 0 Å². The van der Waals surface area contributed by atoms with Crippen molar-refractivity contribution in [2.45, 2.75) is 43.6 Å². The van der Waals surface area contributed by atoms with Crippen LogP contribution in [0.1, 0.15) is 42.4 Å². The number of benzene rings is 1. The second-order valence-corrected chi connectivity index (χ2v) is 9.45. The first-order valence-electron chi connectivity index (χ1n) is 12.1. The highest BCUT2D eigenvalue weighted by Gasteiger charge is 2.36. The average molecular weight is 517 g/mol. The second-order valence-electron chi connectivity index (χ2n) is 9.45. The normalized spacial score (nSPS) is 21.2. The maximum Gasteiger partial charge on any atom is 0.573 e. The molecule has 2 saturated heterocycles. The number of amides is 2. The first kappa shape index (κ1) is 25.0. The number of urea groups is 1. The number of likely N-dealkylation sites (tertiary alicyclic amines) is 2. The van der Waals surface area contributed by atoms with E-state index in [-0.39, 0.29) is 23.6 Å². The van der Waals surface area contributed by atoms with Gasteiger partial charge in [0.05, 0.1) is 12.3 Å². The van der Waals surface area contributed by atoms with Crippen molar-refractivity contribution in [2.75, 3.05) is 26.2 Å². The van der Waals surface area contributed by atoms with Gasteiger partial charge in [-0.05, 0) is 43.0 Å². The van der Waals surface area contributed by atoms with E-state index in [1.165, 1.54) is 18.2 Å². The predicted octanol–water partition coefficient (Wildman–Crippen LogP) is 3.92. The fourth-order valence-corrected chi connectivity index (χ4v) is 5.05. The fourth-order valence-electron chi connectivity index (χ4n) is 5.05. The number of aliphatic hydroxyl groups is 1. The number of hydrogen-bond donors (Lipinski definition) is 2. The van der Waals surface area contributed by atoms with E-state index in [1.54, 1.807) is 34.5 Å². The van der Waals surface area contributed by atoms with Crippen molar-refractivity contribution >= 4 is 6.03 Å². The molecular formula is C25H27F3N6O3. The molecule has 37 heavy (non-hydrogen) atoms. The first-order chi connectivity index (χ1) is 17.7. The van der Waals surface area contributed by atoms with Gasteiger partial charge < -0.3 is 19.6 Å². The Bertz CT molecular complexity index is 1210. The number of piperidine rings is 2. The third-order valence-electron chi connectivity index (χ3n) is 6.88. The first-order valence-corrected chi connectivity index (χ1v) is 12.1. The number of hydrogen-bond acceptors (Lipinski definition) is 6. The lowest BCUT2D eigenvalue weighted by molar-refractivity contribution is -0.274. The van der Waals surface area contributed by atoms with Gasteiger partial charge in [0.15, 0.2) is 0 Å². The second kappa shape index (κ2) is 10.4. The minimum absolute atomic E-state index is 0.136. The summed E-state index contributed by atoms with van der Waals surface area (Å²) in [5.41, 5.74) is 2.69. The highest BCUT2D eigenvalue weighted by atomic mass is 19.4. The van der Waals surface area contributed by atoms with Crippen molar-refractivity contribution in [3.63, 3.8) is 0 Å². The molecule has 2 fully saturated rings. The molecule has 1 aromatic carbocycles. The molecule has 0 spiro atoms. The number of carbonyl (C=O) groups excluding carboxylic acids is 1. The van der Waals surface area contributed by atoms with E-state index in [4.69, 9.17) is 0 Å². The summed E-state index contributed by atoms with van der Waals surface area (Å²) in [6, 6.07) is 7.67. The lowest BCUT2D eigenvalue weighted by Crippen LogP contribution is -2.51. The van der Waals surface area contributed by atoms with Gasteiger partial charge in [0, 0.05) is 56.1 Å². The Morgan fingerprint density at radius 1 is 1.05 bits per heavy atom. The van der Waals surface area contributed by atoms with Crippen LogP contribution in [0.4, 0.5) is 18.0 Å². The molecule has 2 unspecified atom stereocenters. The van der Waals surface area contributed by atoms with Gasteiger partial charge in [0.1, 0.15) is 17.1 Å². The number of carbonyl (C=O) groups is 1. The summed E-state index contributed by atoms with van der Waals surface area (Å²) in [6.45, 7) is 1.70. The zero-order chi connectivity index (χ0) is 26.0. The van der Waals surface area contributed by atoms with Crippen LogP contribution in [-0.4, -0.2) is 79.7 Å². The molecule has 5 rings (SSSR count). The van der Waals surface area contributed by atoms with Crippen molar-refractivity contribution in [1.29, 1.82) is 0 Å². The van der Waals surface area contributed by atoms with Crippen molar-refractivity contribution < 1.29 is 27.8 Å². The number of H-pyrrole nitrogens is 1. The molecule has 2 amide bonds. The van der Waals surface area contributed by atoms with E-state index in [1.807, 2.05) is 6.07 Å². The quantitative estimate of drug-likeness (QED) is 0.545. The summed E-state index contributed by atoms with van der Waals surface area (Å²) in [4.78, 5) is 25.3. The molecular weight excluding hydrogens is 489 g/mol. The van der Waals surface area contributed by atoms with Gasteiger partial charge in [-0.15, -0.1) is 13.2 Å². The number of alkyl halides is 3. The van der Waals surface area contributed by atoms with E-state index in [0.717, 1.165) is 5.69 Å². The predicted molar refractivity (Wildman–Crippen MR) is 127 cm³/mol. The van der Waals surface area contributed by atoms with Crippen LogP contribution in [0.2, 0.25) is 0 Å². The van der Waals surface area contributed by atoms with Crippen LogP contribution >= 0.6 is 0 Å². The molecule has 2 atom stereocenters. The van der Waals surface area contributed by atoms with Crippen LogP contribution in [0.3, 0.4) is 0 Å². The monoisotopic (exact) mass is 516 g/mol. The Kier molecular flexibility index (Phi) is 7.00. The fraction of sp³-hybridized carbons (Fsp3) is 0.440. The molecule has 2 aromatic heterocycles. The Hall–Kier alpha value is -3.67. The topological polar surface area (TPSA) is 107 Å². The third kappa shape index (κ3) is 6.01. The largest absolute Gasteiger partial charge is 0.573 e. The Labute approximate surface area is 211 Å². The van der Waals surface area contributed by atoms with Crippen LogP contribution in [0.15, 0.2) is 48.9 Å². The van der Waals surface area contributed by atoms with Crippen LogP contribution in [0.5, 0.6) is 5.75 Å². The maximum atomic E-state index is 13.4. The van der Waals surface area contributed by atoms with E-state index < -0.39 is 12.5 Å². The van der Waals surface area contributed by atoms with Crippen molar-refractivity contribution in [2.24, 2.45) is 0 Å². The number of ether oxygens (including phenoxy) is 1.